The van der Waals surface area contributed by atoms with Crippen LogP contribution in [0.1, 0.15) is 49.3 Å². The van der Waals surface area contributed by atoms with Gasteiger partial charge in [-0.2, -0.15) is 0 Å². The van der Waals surface area contributed by atoms with E-state index in [2.05, 4.69) is 0 Å². The second-order valence-corrected chi connectivity index (χ2v) is 7.66. The number of carboxylic acids is 1. The highest BCUT2D eigenvalue weighted by Crippen LogP contribution is 2.46. The molecule has 1 aliphatic rings. The molecular weight excluding hydrogens is 350 g/mol. The number of benzene rings is 2. The highest BCUT2D eigenvalue weighted by Gasteiger charge is 2.48. The minimum absolute atomic E-state index is 0.292. The number of halogens is 2. The molecule has 0 bridgehead atoms. The van der Waals surface area contributed by atoms with Crippen molar-refractivity contribution in [2.45, 2.75) is 57.2 Å². The average Bonchev–Trinajstić information content (AvgIpc) is 2.64. The van der Waals surface area contributed by atoms with Crippen LogP contribution >= 0.6 is 0 Å². The zero-order chi connectivity index (χ0) is 19.7. The van der Waals surface area contributed by atoms with E-state index in [1.54, 1.807) is 31.2 Å². The Kier molecular flexibility index (Phi) is 5.33. The number of hydrogen-bond acceptors (Lipinski definition) is 2. The zero-order valence-electron chi connectivity index (χ0n) is 15.6. The first-order valence-electron chi connectivity index (χ1n) is 9.13. The summed E-state index contributed by atoms with van der Waals surface area (Å²) in [6, 6.07) is 10.8. The van der Waals surface area contributed by atoms with Crippen LogP contribution in [0.2, 0.25) is 0 Å². The number of carboxylic acid groups (broad SMARTS) is 1. The molecule has 3 rings (SSSR count). The zero-order valence-corrected chi connectivity index (χ0v) is 15.6. The van der Waals surface area contributed by atoms with Crippen LogP contribution in [-0.4, -0.2) is 16.7 Å². The number of rotatable bonds is 5. The molecule has 144 valence electrons. The number of ether oxygens (including phenoxy) is 1. The van der Waals surface area contributed by atoms with Gasteiger partial charge in [0.1, 0.15) is 11.6 Å². The van der Waals surface area contributed by atoms with Crippen molar-refractivity contribution >= 4 is 5.97 Å². The molecule has 27 heavy (non-hydrogen) atoms. The molecule has 1 N–H and O–H groups in total. The second-order valence-electron chi connectivity index (χ2n) is 7.66. The van der Waals surface area contributed by atoms with Gasteiger partial charge in [0, 0.05) is 0 Å². The Bertz CT molecular complexity index is 822. The summed E-state index contributed by atoms with van der Waals surface area (Å²) in [4.78, 5) is 12.2. The lowest BCUT2D eigenvalue weighted by atomic mass is 9.64. The lowest BCUT2D eigenvalue weighted by Crippen LogP contribution is -2.46. The Hall–Kier alpha value is -2.27. The first-order chi connectivity index (χ1) is 12.8. The summed E-state index contributed by atoms with van der Waals surface area (Å²) in [5.41, 5.74) is 0.263. The molecule has 1 aliphatic carbocycles. The minimum Gasteiger partial charge on any atom is -0.481 e. The highest BCUT2D eigenvalue weighted by atomic mass is 19.1. The Morgan fingerprint density at radius 2 is 1.70 bits per heavy atom. The minimum atomic E-state index is -1.09. The van der Waals surface area contributed by atoms with Crippen molar-refractivity contribution in [3.05, 3.63) is 70.8 Å². The van der Waals surface area contributed by atoms with Gasteiger partial charge in [0.05, 0.1) is 17.6 Å². The lowest BCUT2D eigenvalue weighted by Gasteiger charge is -2.43. The van der Waals surface area contributed by atoms with E-state index in [1.807, 2.05) is 6.92 Å². The Morgan fingerprint density at radius 1 is 1.07 bits per heavy atom. The molecular formula is C22H24F2O3. The molecule has 1 saturated carbocycles. The van der Waals surface area contributed by atoms with Crippen molar-refractivity contribution < 1.29 is 23.4 Å². The third-order valence-electron chi connectivity index (χ3n) is 5.85. The van der Waals surface area contributed by atoms with Crippen LogP contribution in [0.5, 0.6) is 0 Å². The SMILES string of the molecule is Cc1c(F)cccc1[C@]1(C(=O)O)CC[C@](C)(OCc2ccc(F)cc2)CC1. The highest BCUT2D eigenvalue weighted by molar-refractivity contribution is 5.82. The van der Waals surface area contributed by atoms with Gasteiger partial charge in [0.25, 0.3) is 0 Å². The van der Waals surface area contributed by atoms with Crippen molar-refractivity contribution in [1.29, 1.82) is 0 Å². The third kappa shape index (κ3) is 3.88. The quantitative estimate of drug-likeness (QED) is 0.788. The molecule has 5 heteroatoms. The van der Waals surface area contributed by atoms with Gasteiger partial charge >= 0.3 is 5.97 Å². The maximum Gasteiger partial charge on any atom is 0.314 e. The van der Waals surface area contributed by atoms with E-state index < -0.39 is 17.0 Å². The van der Waals surface area contributed by atoms with E-state index in [0.29, 0.717) is 43.4 Å². The van der Waals surface area contributed by atoms with Gasteiger partial charge in [-0.15, -0.1) is 0 Å². The third-order valence-corrected chi connectivity index (χ3v) is 5.85. The van der Waals surface area contributed by atoms with Crippen molar-refractivity contribution in [3.63, 3.8) is 0 Å². The van der Waals surface area contributed by atoms with Gasteiger partial charge in [-0.25, -0.2) is 8.78 Å². The van der Waals surface area contributed by atoms with Crippen molar-refractivity contribution in [1.82, 2.24) is 0 Å². The summed E-state index contributed by atoms with van der Waals surface area (Å²) in [6.45, 7) is 3.95. The summed E-state index contributed by atoms with van der Waals surface area (Å²) in [6.07, 6.45) is 1.87. The molecule has 0 atom stereocenters. The van der Waals surface area contributed by atoms with Crippen LogP contribution in [0.25, 0.3) is 0 Å². The van der Waals surface area contributed by atoms with Crippen LogP contribution in [0.4, 0.5) is 8.78 Å². The van der Waals surface area contributed by atoms with E-state index in [9.17, 15) is 18.7 Å². The molecule has 2 aromatic carbocycles. The van der Waals surface area contributed by atoms with Crippen LogP contribution in [0.15, 0.2) is 42.5 Å². The van der Waals surface area contributed by atoms with Gasteiger partial charge in [-0.3, -0.25) is 4.79 Å². The van der Waals surface area contributed by atoms with E-state index in [0.717, 1.165) is 5.56 Å². The van der Waals surface area contributed by atoms with E-state index in [1.165, 1.54) is 18.2 Å². The Balaban J connectivity index is 1.75. The average molecular weight is 374 g/mol. The Labute approximate surface area is 158 Å². The number of carbonyl (C=O) groups is 1. The van der Waals surface area contributed by atoms with Crippen LogP contribution in [0, 0.1) is 18.6 Å². The fourth-order valence-electron chi connectivity index (χ4n) is 3.91. The predicted octanol–water partition coefficient (Wildman–Crippen LogP) is 5.15. The van der Waals surface area contributed by atoms with Crippen LogP contribution < -0.4 is 0 Å². The normalized spacial score (nSPS) is 25.3. The largest absolute Gasteiger partial charge is 0.481 e. The fraction of sp³-hybridized carbons (Fsp3) is 0.409. The summed E-state index contributed by atoms with van der Waals surface area (Å²) in [5.74, 6) is -1.59. The molecule has 0 heterocycles. The molecule has 0 saturated heterocycles. The first-order valence-corrected chi connectivity index (χ1v) is 9.13. The molecule has 0 spiro atoms. The second kappa shape index (κ2) is 7.39. The fourth-order valence-corrected chi connectivity index (χ4v) is 3.91. The Morgan fingerprint density at radius 3 is 2.30 bits per heavy atom. The van der Waals surface area contributed by atoms with E-state index in [4.69, 9.17) is 4.74 Å². The molecule has 0 radical (unpaired) electrons. The predicted molar refractivity (Wildman–Crippen MR) is 98.5 cm³/mol. The molecule has 0 amide bonds. The first kappa shape index (κ1) is 19.5. The van der Waals surface area contributed by atoms with Crippen molar-refractivity contribution in [3.8, 4) is 0 Å². The molecule has 3 nitrogen and oxygen atoms in total. The van der Waals surface area contributed by atoms with E-state index in [-0.39, 0.29) is 11.6 Å². The van der Waals surface area contributed by atoms with Gasteiger partial charge in [0.15, 0.2) is 0 Å². The lowest BCUT2D eigenvalue weighted by molar-refractivity contribution is -0.149. The standard InChI is InChI=1S/C22H24F2O3/c1-15-18(4-3-5-19(15)24)22(20(25)26)12-10-21(2,11-13-22)27-14-16-6-8-17(23)9-7-16/h3-9H,10-14H2,1-2H3,(H,25,26)/t21-,22-. The van der Waals surface area contributed by atoms with Gasteiger partial charge in [-0.05, 0) is 74.4 Å². The maximum absolute atomic E-state index is 14.0. The van der Waals surface area contributed by atoms with Crippen LogP contribution in [0.3, 0.4) is 0 Å². The summed E-state index contributed by atoms with van der Waals surface area (Å²) in [5, 5.41) is 9.96. The summed E-state index contributed by atoms with van der Waals surface area (Å²) < 4.78 is 33.1. The molecule has 2 aromatic rings. The maximum atomic E-state index is 14.0. The monoisotopic (exact) mass is 374 g/mol. The number of hydrogen-bond donors (Lipinski definition) is 1. The van der Waals surface area contributed by atoms with Crippen LogP contribution in [-0.2, 0) is 21.6 Å². The molecule has 0 aliphatic heterocycles. The molecule has 1 fully saturated rings. The molecule has 0 unspecified atom stereocenters. The smallest absolute Gasteiger partial charge is 0.314 e. The molecule has 0 aromatic heterocycles. The summed E-state index contributed by atoms with van der Waals surface area (Å²) >= 11 is 0. The van der Waals surface area contributed by atoms with Crippen molar-refractivity contribution in [2.24, 2.45) is 0 Å². The topological polar surface area (TPSA) is 46.5 Å². The van der Waals surface area contributed by atoms with Gasteiger partial charge in [-0.1, -0.05) is 24.3 Å². The van der Waals surface area contributed by atoms with Gasteiger partial charge < -0.3 is 9.84 Å². The summed E-state index contributed by atoms with van der Waals surface area (Å²) in [7, 11) is 0. The number of aliphatic carboxylic acids is 1. The van der Waals surface area contributed by atoms with Crippen molar-refractivity contribution in [2.75, 3.05) is 0 Å². The van der Waals surface area contributed by atoms with E-state index >= 15 is 0 Å². The van der Waals surface area contributed by atoms with Gasteiger partial charge in [0.2, 0.25) is 0 Å².